The molecular weight excluding hydrogens is 248 g/mol. The fourth-order valence-corrected chi connectivity index (χ4v) is 4.18. The van der Waals surface area contributed by atoms with Gasteiger partial charge < -0.3 is 0 Å². The summed E-state index contributed by atoms with van der Waals surface area (Å²) >= 11 is 0. The van der Waals surface area contributed by atoms with Gasteiger partial charge in [0.1, 0.15) is 0 Å². The van der Waals surface area contributed by atoms with E-state index in [1.807, 2.05) is 4.68 Å². The molecule has 0 saturated heterocycles. The SMILES string of the molecule is O=[S@@](Cc1nnnn1C1CC1)CC1CCCCC1. The summed E-state index contributed by atoms with van der Waals surface area (Å²) in [5.74, 6) is 2.83. The first-order valence-corrected chi connectivity index (χ1v) is 8.43. The van der Waals surface area contributed by atoms with Gasteiger partial charge in [-0.05, 0) is 42.0 Å². The van der Waals surface area contributed by atoms with Gasteiger partial charge in [0.05, 0.1) is 11.8 Å². The van der Waals surface area contributed by atoms with Crippen LogP contribution in [-0.4, -0.2) is 30.2 Å². The molecule has 0 amide bonds. The van der Waals surface area contributed by atoms with Gasteiger partial charge in [-0.15, -0.1) is 5.10 Å². The Hall–Kier alpha value is -0.780. The molecule has 100 valence electrons. The van der Waals surface area contributed by atoms with Crippen LogP contribution in [0.2, 0.25) is 0 Å². The Morgan fingerprint density at radius 3 is 2.67 bits per heavy atom. The van der Waals surface area contributed by atoms with Gasteiger partial charge in [-0.3, -0.25) is 4.21 Å². The van der Waals surface area contributed by atoms with E-state index < -0.39 is 10.8 Å². The quantitative estimate of drug-likeness (QED) is 0.817. The zero-order valence-corrected chi connectivity index (χ0v) is 11.4. The van der Waals surface area contributed by atoms with Crippen molar-refractivity contribution in [3.05, 3.63) is 5.82 Å². The highest BCUT2D eigenvalue weighted by molar-refractivity contribution is 7.84. The van der Waals surface area contributed by atoms with Crippen LogP contribution < -0.4 is 0 Å². The Morgan fingerprint density at radius 2 is 1.94 bits per heavy atom. The molecule has 0 aliphatic heterocycles. The summed E-state index contributed by atoms with van der Waals surface area (Å²) in [6, 6.07) is 0.474. The summed E-state index contributed by atoms with van der Waals surface area (Å²) < 4.78 is 14.0. The standard InChI is InChI=1S/C12H20N4OS/c17-18(8-10-4-2-1-3-5-10)9-12-13-14-15-16(12)11-6-7-11/h10-11H,1-9H2/t18-/m1/s1. The predicted molar refractivity (Wildman–Crippen MR) is 69.4 cm³/mol. The van der Waals surface area contributed by atoms with Gasteiger partial charge in [-0.25, -0.2) is 4.68 Å². The second kappa shape index (κ2) is 5.47. The molecule has 0 bridgehead atoms. The van der Waals surface area contributed by atoms with Crippen LogP contribution in [0.15, 0.2) is 0 Å². The van der Waals surface area contributed by atoms with Crippen molar-refractivity contribution in [1.82, 2.24) is 20.2 Å². The summed E-state index contributed by atoms with van der Waals surface area (Å²) in [4.78, 5) is 0. The predicted octanol–water partition coefficient (Wildman–Crippen LogP) is 1.84. The molecule has 5 nitrogen and oxygen atoms in total. The highest BCUT2D eigenvalue weighted by atomic mass is 32.2. The molecule has 18 heavy (non-hydrogen) atoms. The van der Waals surface area contributed by atoms with Crippen molar-refractivity contribution in [2.24, 2.45) is 5.92 Å². The molecule has 0 unspecified atom stereocenters. The second-order valence-electron chi connectivity index (χ2n) is 5.53. The van der Waals surface area contributed by atoms with Crippen molar-refractivity contribution in [2.75, 3.05) is 5.75 Å². The topological polar surface area (TPSA) is 60.7 Å². The maximum Gasteiger partial charge on any atom is 0.164 e. The van der Waals surface area contributed by atoms with Gasteiger partial charge in [0, 0.05) is 16.6 Å². The van der Waals surface area contributed by atoms with Gasteiger partial charge in [-0.2, -0.15) is 0 Å². The first-order chi connectivity index (χ1) is 8.83. The van der Waals surface area contributed by atoms with Crippen molar-refractivity contribution >= 4 is 10.8 Å². The van der Waals surface area contributed by atoms with Crippen molar-refractivity contribution in [3.8, 4) is 0 Å². The number of nitrogens with zero attached hydrogens (tertiary/aromatic N) is 4. The monoisotopic (exact) mass is 268 g/mol. The molecule has 2 aliphatic rings. The number of tetrazole rings is 1. The van der Waals surface area contributed by atoms with Gasteiger partial charge in [0.2, 0.25) is 0 Å². The summed E-state index contributed by atoms with van der Waals surface area (Å²) in [5, 5.41) is 11.7. The smallest absolute Gasteiger partial charge is 0.164 e. The average molecular weight is 268 g/mol. The molecule has 1 heterocycles. The van der Waals surface area contributed by atoms with Crippen LogP contribution >= 0.6 is 0 Å². The van der Waals surface area contributed by atoms with Crippen LogP contribution in [0.4, 0.5) is 0 Å². The minimum Gasteiger partial charge on any atom is -0.259 e. The Labute approximate surface area is 110 Å². The largest absolute Gasteiger partial charge is 0.259 e. The molecule has 2 saturated carbocycles. The molecular formula is C12H20N4OS. The van der Waals surface area contributed by atoms with Crippen molar-refractivity contribution in [1.29, 1.82) is 0 Å². The van der Waals surface area contributed by atoms with Crippen molar-refractivity contribution in [3.63, 3.8) is 0 Å². The van der Waals surface area contributed by atoms with Crippen LogP contribution in [0.3, 0.4) is 0 Å². The molecule has 0 aromatic carbocycles. The van der Waals surface area contributed by atoms with Crippen molar-refractivity contribution < 1.29 is 4.21 Å². The second-order valence-corrected chi connectivity index (χ2v) is 7.03. The van der Waals surface area contributed by atoms with Gasteiger partial charge in [0.25, 0.3) is 0 Å². The Balaban J connectivity index is 1.54. The molecule has 3 rings (SSSR count). The maximum atomic E-state index is 12.2. The molecule has 0 spiro atoms. The molecule has 6 heteroatoms. The lowest BCUT2D eigenvalue weighted by Gasteiger charge is -2.20. The van der Waals surface area contributed by atoms with Crippen LogP contribution in [0, 0.1) is 5.92 Å². The van der Waals surface area contributed by atoms with E-state index in [4.69, 9.17) is 0 Å². The van der Waals surface area contributed by atoms with E-state index in [1.54, 1.807) is 0 Å². The van der Waals surface area contributed by atoms with Gasteiger partial charge >= 0.3 is 0 Å². The van der Waals surface area contributed by atoms with E-state index in [2.05, 4.69) is 15.5 Å². The van der Waals surface area contributed by atoms with Crippen LogP contribution in [0.25, 0.3) is 0 Å². The van der Waals surface area contributed by atoms with E-state index in [1.165, 1.54) is 32.1 Å². The maximum absolute atomic E-state index is 12.2. The zero-order chi connectivity index (χ0) is 12.4. The lowest BCUT2D eigenvalue weighted by Crippen LogP contribution is -2.17. The molecule has 1 aromatic heterocycles. The first kappa shape index (κ1) is 12.3. The summed E-state index contributed by atoms with van der Waals surface area (Å²) in [7, 11) is -0.809. The van der Waals surface area contributed by atoms with E-state index in [0.717, 1.165) is 24.4 Å². The van der Waals surface area contributed by atoms with Gasteiger partial charge in [0.15, 0.2) is 5.82 Å². The molecule has 2 aliphatic carbocycles. The summed E-state index contributed by atoms with van der Waals surface area (Å²) in [5.41, 5.74) is 0. The summed E-state index contributed by atoms with van der Waals surface area (Å²) in [6.45, 7) is 0. The molecule has 0 N–H and O–H groups in total. The minimum atomic E-state index is -0.809. The van der Waals surface area contributed by atoms with E-state index in [9.17, 15) is 4.21 Å². The fraction of sp³-hybridized carbons (Fsp3) is 0.917. The number of aromatic nitrogens is 4. The van der Waals surface area contributed by atoms with Gasteiger partial charge in [-0.1, -0.05) is 19.3 Å². The molecule has 1 aromatic rings. The minimum absolute atomic E-state index is 0.474. The third kappa shape index (κ3) is 2.96. The van der Waals surface area contributed by atoms with Crippen LogP contribution in [-0.2, 0) is 16.6 Å². The third-order valence-corrected chi connectivity index (χ3v) is 5.31. The number of hydrogen-bond acceptors (Lipinski definition) is 4. The van der Waals surface area contributed by atoms with Crippen LogP contribution in [0.5, 0.6) is 0 Å². The highest BCUT2D eigenvalue weighted by Gasteiger charge is 2.28. The highest BCUT2D eigenvalue weighted by Crippen LogP contribution is 2.34. The first-order valence-electron chi connectivity index (χ1n) is 6.94. The van der Waals surface area contributed by atoms with Crippen molar-refractivity contribution in [2.45, 2.75) is 56.7 Å². The van der Waals surface area contributed by atoms with E-state index in [0.29, 0.717) is 17.7 Å². The molecule has 2 fully saturated rings. The normalized spacial score (nSPS) is 23.1. The Bertz CT molecular complexity index is 423. The van der Waals surface area contributed by atoms with E-state index >= 15 is 0 Å². The van der Waals surface area contributed by atoms with Crippen LogP contribution in [0.1, 0.15) is 56.8 Å². The molecule has 0 radical (unpaired) electrons. The summed E-state index contributed by atoms with van der Waals surface area (Å²) in [6.07, 6.45) is 8.78. The lowest BCUT2D eigenvalue weighted by atomic mass is 9.91. The third-order valence-electron chi connectivity index (χ3n) is 3.89. The Kier molecular flexibility index (Phi) is 3.72. The molecule has 1 atom stereocenters. The lowest BCUT2D eigenvalue weighted by molar-refractivity contribution is 0.388. The zero-order valence-electron chi connectivity index (χ0n) is 10.6. The number of rotatable bonds is 5. The Morgan fingerprint density at radius 1 is 1.17 bits per heavy atom. The number of hydrogen-bond donors (Lipinski definition) is 0. The van der Waals surface area contributed by atoms with E-state index in [-0.39, 0.29) is 0 Å². The average Bonchev–Trinajstić information content (AvgIpc) is 3.12. The fourth-order valence-electron chi connectivity index (χ4n) is 2.73.